The first-order valence-electron chi connectivity index (χ1n) is 8.24. The summed E-state index contributed by atoms with van der Waals surface area (Å²) in [4.78, 5) is 2.18. The normalized spacial score (nSPS) is 15.9. The third kappa shape index (κ3) is 6.21. The van der Waals surface area contributed by atoms with Crippen LogP contribution >= 0.6 is 12.4 Å². The number of nitrogens with zero attached hydrogens (tertiary/aromatic N) is 1. The average molecular weight is 366 g/mol. The Morgan fingerprint density at radius 1 is 0.960 bits per heavy atom. The van der Waals surface area contributed by atoms with Gasteiger partial charge in [-0.05, 0) is 24.3 Å². The summed E-state index contributed by atoms with van der Waals surface area (Å²) in [6.07, 6.45) is -0.548. The van der Waals surface area contributed by atoms with Crippen molar-refractivity contribution in [2.45, 2.75) is 6.10 Å². The highest BCUT2D eigenvalue weighted by molar-refractivity contribution is 5.85. The van der Waals surface area contributed by atoms with Gasteiger partial charge in [0.05, 0.1) is 13.2 Å². The van der Waals surface area contributed by atoms with E-state index in [-0.39, 0.29) is 19.0 Å². The van der Waals surface area contributed by atoms with Crippen LogP contribution in [0.5, 0.6) is 17.2 Å². The molecule has 136 valence electrons. The quantitative estimate of drug-likeness (QED) is 0.817. The minimum atomic E-state index is -0.548. The predicted octanol–water partition coefficient (Wildman–Crippen LogP) is 2.97. The van der Waals surface area contributed by atoms with Crippen molar-refractivity contribution in [1.82, 2.24) is 4.90 Å². The number of ether oxygens (including phenoxy) is 3. The zero-order valence-corrected chi connectivity index (χ0v) is 14.9. The average Bonchev–Trinajstić information content (AvgIpc) is 2.63. The Hall–Kier alpha value is -1.79. The molecule has 1 N–H and O–H groups in total. The van der Waals surface area contributed by atoms with Crippen LogP contribution < -0.4 is 9.47 Å². The summed E-state index contributed by atoms with van der Waals surface area (Å²) >= 11 is 0. The Morgan fingerprint density at radius 2 is 1.60 bits per heavy atom. The van der Waals surface area contributed by atoms with Gasteiger partial charge in [0.15, 0.2) is 11.5 Å². The summed E-state index contributed by atoms with van der Waals surface area (Å²) < 4.78 is 16.9. The second kappa shape index (κ2) is 10.3. The molecule has 1 unspecified atom stereocenters. The van der Waals surface area contributed by atoms with Gasteiger partial charge in [-0.2, -0.15) is 0 Å². The SMILES string of the molecule is Cl.OC(COc1ccccc1Oc1ccccc1)CN1CCOCC1. The molecule has 6 heteroatoms. The Balaban J connectivity index is 0.00000225. The fourth-order valence-corrected chi connectivity index (χ4v) is 2.59. The molecule has 0 radical (unpaired) electrons. The molecule has 1 atom stereocenters. The summed E-state index contributed by atoms with van der Waals surface area (Å²) in [7, 11) is 0. The van der Waals surface area contributed by atoms with E-state index >= 15 is 0 Å². The largest absolute Gasteiger partial charge is 0.487 e. The predicted molar refractivity (Wildman–Crippen MR) is 99.0 cm³/mol. The zero-order chi connectivity index (χ0) is 16.6. The van der Waals surface area contributed by atoms with E-state index in [1.54, 1.807) is 0 Å². The molecule has 0 bridgehead atoms. The molecule has 2 aromatic carbocycles. The van der Waals surface area contributed by atoms with Crippen molar-refractivity contribution < 1.29 is 19.3 Å². The molecule has 0 aliphatic carbocycles. The number of benzene rings is 2. The number of hydrogen-bond acceptors (Lipinski definition) is 5. The number of rotatable bonds is 7. The van der Waals surface area contributed by atoms with Gasteiger partial charge in [-0.25, -0.2) is 0 Å². The number of morpholine rings is 1. The summed E-state index contributed by atoms with van der Waals surface area (Å²) in [5.41, 5.74) is 0. The van der Waals surface area contributed by atoms with Crippen molar-refractivity contribution >= 4 is 12.4 Å². The summed E-state index contributed by atoms with van der Waals surface area (Å²) in [6.45, 7) is 3.97. The van der Waals surface area contributed by atoms with Gasteiger partial charge in [-0.1, -0.05) is 30.3 Å². The van der Waals surface area contributed by atoms with E-state index in [0.717, 1.165) is 32.1 Å². The van der Waals surface area contributed by atoms with Crippen molar-refractivity contribution in [3.63, 3.8) is 0 Å². The highest BCUT2D eigenvalue weighted by Crippen LogP contribution is 2.31. The van der Waals surface area contributed by atoms with Gasteiger partial charge in [0.2, 0.25) is 0 Å². The number of para-hydroxylation sites is 3. The van der Waals surface area contributed by atoms with E-state index in [9.17, 15) is 5.11 Å². The van der Waals surface area contributed by atoms with Crippen molar-refractivity contribution in [3.8, 4) is 17.2 Å². The summed E-state index contributed by atoms with van der Waals surface area (Å²) in [5.74, 6) is 2.02. The Morgan fingerprint density at radius 3 is 2.32 bits per heavy atom. The first-order valence-corrected chi connectivity index (χ1v) is 8.24. The number of hydrogen-bond donors (Lipinski definition) is 1. The van der Waals surface area contributed by atoms with E-state index in [1.807, 2.05) is 54.6 Å². The molecule has 2 aromatic rings. The van der Waals surface area contributed by atoms with Crippen LogP contribution in [0.3, 0.4) is 0 Å². The lowest BCUT2D eigenvalue weighted by atomic mass is 10.3. The zero-order valence-electron chi connectivity index (χ0n) is 14.0. The molecule has 0 amide bonds. The molecular weight excluding hydrogens is 342 g/mol. The van der Waals surface area contributed by atoms with Crippen molar-refractivity contribution in [1.29, 1.82) is 0 Å². The van der Waals surface area contributed by atoms with Gasteiger partial charge in [0.1, 0.15) is 18.5 Å². The maximum atomic E-state index is 10.2. The lowest BCUT2D eigenvalue weighted by molar-refractivity contribution is 0.00449. The van der Waals surface area contributed by atoms with Gasteiger partial charge in [-0.15, -0.1) is 12.4 Å². The number of halogens is 1. The highest BCUT2D eigenvalue weighted by Gasteiger charge is 2.16. The van der Waals surface area contributed by atoms with Crippen molar-refractivity contribution in [3.05, 3.63) is 54.6 Å². The van der Waals surface area contributed by atoms with E-state index in [1.165, 1.54) is 0 Å². The first kappa shape index (κ1) is 19.5. The molecular formula is C19H24ClNO4. The Kier molecular flexibility index (Phi) is 8.01. The molecule has 1 fully saturated rings. The van der Waals surface area contributed by atoms with Crippen molar-refractivity contribution in [2.24, 2.45) is 0 Å². The smallest absolute Gasteiger partial charge is 0.169 e. The molecule has 25 heavy (non-hydrogen) atoms. The molecule has 0 spiro atoms. The van der Waals surface area contributed by atoms with Gasteiger partial charge in [0, 0.05) is 19.6 Å². The molecule has 0 aromatic heterocycles. The molecule has 3 rings (SSSR count). The van der Waals surface area contributed by atoms with Gasteiger partial charge < -0.3 is 19.3 Å². The van der Waals surface area contributed by atoms with E-state index in [2.05, 4.69) is 4.90 Å². The topological polar surface area (TPSA) is 51.2 Å². The molecule has 5 nitrogen and oxygen atoms in total. The van der Waals surface area contributed by atoms with Crippen LogP contribution in [0.4, 0.5) is 0 Å². The van der Waals surface area contributed by atoms with Gasteiger partial charge >= 0.3 is 0 Å². The fraction of sp³-hybridized carbons (Fsp3) is 0.368. The fourth-order valence-electron chi connectivity index (χ4n) is 2.59. The highest BCUT2D eigenvalue weighted by atomic mass is 35.5. The Labute approximate surface area is 154 Å². The molecule has 1 aliphatic heterocycles. The van der Waals surface area contributed by atoms with Crippen LogP contribution in [-0.4, -0.2) is 55.6 Å². The van der Waals surface area contributed by atoms with E-state index in [4.69, 9.17) is 14.2 Å². The minimum Gasteiger partial charge on any atom is -0.487 e. The second-order valence-electron chi connectivity index (χ2n) is 5.74. The lowest BCUT2D eigenvalue weighted by Crippen LogP contribution is -2.42. The minimum absolute atomic E-state index is 0. The first-order chi connectivity index (χ1) is 11.8. The third-order valence-corrected chi connectivity index (χ3v) is 3.82. The molecule has 1 aliphatic rings. The number of aliphatic hydroxyl groups is 1. The summed E-state index contributed by atoms with van der Waals surface area (Å²) in [5, 5.41) is 10.2. The van der Waals surface area contributed by atoms with Gasteiger partial charge in [-0.3, -0.25) is 4.90 Å². The monoisotopic (exact) mass is 365 g/mol. The van der Waals surface area contributed by atoms with Crippen LogP contribution in [0.25, 0.3) is 0 Å². The van der Waals surface area contributed by atoms with Crippen LogP contribution in [-0.2, 0) is 4.74 Å². The number of aliphatic hydroxyl groups excluding tert-OH is 1. The summed E-state index contributed by atoms with van der Waals surface area (Å²) in [6, 6.07) is 17.1. The van der Waals surface area contributed by atoms with E-state index < -0.39 is 6.10 Å². The number of β-amino-alcohol motifs (C(OH)–C–C–N with tert-alkyl or cyclic N) is 1. The molecule has 1 heterocycles. The lowest BCUT2D eigenvalue weighted by Gasteiger charge is -2.28. The maximum Gasteiger partial charge on any atom is 0.169 e. The Bertz CT molecular complexity index is 620. The van der Waals surface area contributed by atoms with Crippen molar-refractivity contribution in [2.75, 3.05) is 39.5 Å². The van der Waals surface area contributed by atoms with Gasteiger partial charge in [0.25, 0.3) is 0 Å². The van der Waals surface area contributed by atoms with Crippen LogP contribution in [0.1, 0.15) is 0 Å². The van der Waals surface area contributed by atoms with E-state index in [0.29, 0.717) is 18.0 Å². The molecule has 1 saturated heterocycles. The molecule has 0 saturated carbocycles. The second-order valence-corrected chi connectivity index (χ2v) is 5.74. The van der Waals surface area contributed by atoms with Crippen LogP contribution in [0.2, 0.25) is 0 Å². The standard InChI is InChI=1S/C19H23NO4.ClH/c21-16(14-20-10-12-22-13-11-20)15-23-18-8-4-5-9-19(18)24-17-6-2-1-3-7-17;/h1-9,16,21H,10-15H2;1H. The van der Waals surface area contributed by atoms with Crippen LogP contribution in [0, 0.1) is 0 Å². The van der Waals surface area contributed by atoms with Crippen LogP contribution in [0.15, 0.2) is 54.6 Å². The maximum absolute atomic E-state index is 10.2. The third-order valence-electron chi connectivity index (χ3n) is 3.82.